The highest BCUT2D eigenvalue weighted by Gasteiger charge is 2.37. The van der Waals surface area contributed by atoms with Gasteiger partial charge in [-0.1, -0.05) is 91.0 Å². The van der Waals surface area contributed by atoms with Gasteiger partial charge in [0.25, 0.3) is 0 Å². The number of aromatic nitrogens is 2. The predicted molar refractivity (Wildman–Crippen MR) is 124 cm³/mol. The van der Waals surface area contributed by atoms with Gasteiger partial charge in [0.05, 0.1) is 5.69 Å². The SMILES string of the molecule is Cc1n[nH]c(NC(c2ccccc2)(c2ccccc2)c2ccccc2)c1CCNC=O. The Hall–Kier alpha value is -3.86. The Morgan fingerprint density at radius 1 is 0.839 bits per heavy atom. The van der Waals surface area contributed by atoms with Crippen LogP contribution in [0.4, 0.5) is 5.82 Å². The van der Waals surface area contributed by atoms with Gasteiger partial charge in [0.1, 0.15) is 11.4 Å². The van der Waals surface area contributed by atoms with Gasteiger partial charge in [-0.3, -0.25) is 9.89 Å². The van der Waals surface area contributed by atoms with Crippen molar-refractivity contribution < 1.29 is 4.79 Å². The van der Waals surface area contributed by atoms with E-state index in [1.54, 1.807) is 0 Å². The number of hydrogen-bond donors (Lipinski definition) is 3. The minimum atomic E-state index is -0.629. The molecule has 3 aromatic carbocycles. The molecular weight excluding hydrogens is 384 g/mol. The summed E-state index contributed by atoms with van der Waals surface area (Å²) < 4.78 is 0. The number of nitrogens with zero attached hydrogens (tertiary/aromatic N) is 1. The third kappa shape index (κ3) is 4.08. The third-order valence-electron chi connectivity index (χ3n) is 5.61. The third-order valence-corrected chi connectivity index (χ3v) is 5.61. The summed E-state index contributed by atoms with van der Waals surface area (Å²) in [6, 6.07) is 31.3. The van der Waals surface area contributed by atoms with E-state index < -0.39 is 5.54 Å². The lowest BCUT2D eigenvalue weighted by Gasteiger charge is -2.37. The van der Waals surface area contributed by atoms with Crippen molar-refractivity contribution in [3.63, 3.8) is 0 Å². The van der Waals surface area contributed by atoms with E-state index in [-0.39, 0.29) is 0 Å². The Kier molecular flexibility index (Phi) is 6.13. The van der Waals surface area contributed by atoms with Gasteiger partial charge in [0.2, 0.25) is 6.41 Å². The van der Waals surface area contributed by atoms with Crippen LogP contribution >= 0.6 is 0 Å². The summed E-state index contributed by atoms with van der Waals surface area (Å²) in [5.74, 6) is 0.849. The first kappa shape index (κ1) is 20.4. The topological polar surface area (TPSA) is 69.8 Å². The lowest BCUT2D eigenvalue weighted by molar-refractivity contribution is -0.109. The number of aryl methyl sites for hydroxylation is 1. The van der Waals surface area contributed by atoms with Crippen molar-refractivity contribution in [3.8, 4) is 0 Å². The lowest BCUT2D eigenvalue weighted by atomic mass is 9.77. The molecule has 0 aliphatic heterocycles. The number of nitrogens with one attached hydrogen (secondary N) is 3. The summed E-state index contributed by atoms with van der Waals surface area (Å²) in [5, 5.41) is 14.2. The van der Waals surface area contributed by atoms with Crippen LogP contribution in [0.1, 0.15) is 27.9 Å². The first-order valence-corrected chi connectivity index (χ1v) is 10.4. The van der Waals surface area contributed by atoms with Crippen molar-refractivity contribution in [1.82, 2.24) is 15.5 Å². The van der Waals surface area contributed by atoms with E-state index in [0.717, 1.165) is 40.2 Å². The zero-order valence-corrected chi connectivity index (χ0v) is 17.5. The van der Waals surface area contributed by atoms with Gasteiger partial charge in [0, 0.05) is 12.1 Å². The smallest absolute Gasteiger partial charge is 0.207 e. The number of rotatable bonds is 9. The fourth-order valence-corrected chi connectivity index (χ4v) is 4.09. The molecule has 3 N–H and O–H groups in total. The van der Waals surface area contributed by atoms with Crippen molar-refractivity contribution >= 4 is 12.2 Å². The quantitative estimate of drug-likeness (QED) is 0.217. The minimum Gasteiger partial charge on any atom is -0.358 e. The molecular formula is C26H26N4O. The monoisotopic (exact) mass is 410 g/mol. The lowest BCUT2D eigenvalue weighted by Crippen LogP contribution is -2.38. The zero-order chi connectivity index (χ0) is 21.5. The molecule has 0 saturated carbocycles. The Morgan fingerprint density at radius 3 is 1.77 bits per heavy atom. The summed E-state index contributed by atoms with van der Waals surface area (Å²) in [5.41, 5.74) is 4.71. The van der Waals surface area contributed by atoms with E-state index in [1.165, 1.54) is 0 Å². The molecule has 0 aliphatic carbocycles. The minimum absolute atomic E-state index is 0.549. The Bertz CT molecular complexity index is 1010. The van der Waals surface area contributed by atoms with Gasteiger partial charge in [0.15, 0.2) is 0 Å². The number of amides is 1. The van der Waals surface area contributed by atoms with E-state index in [4.69, 9.17) is 0 Å². The number of hydrogen-bond acceptors (Lipinski definition) is 3. The molecule has 0 fully saturated rings. The highest BCUT2D eigenvalue weighted by atomic mass is 16.1. The van der Waals surface area contributed by atoms with Gasteiger partial charge in [-0.05, 0) is 30.0 Å². The fourth-order valence-electron chi connectivity index (χ4n) is 4.09. The zero-order valence-electron chi connectivity index (χ0n) is 17.5. The molecule has 1 heterocycles. The maximum atomic E-state index is 10.7. The Morgan fingerprint density at radius 2 is 1.32 bits per heavy atom. The summed E-state index contributed by atoms with van der Waals surface area (Å²) in [7, 11) is 0. The van der Waals surface area contributed by atoms with Gasteiger partial charge in [-0.25, -0.2) is 0 Å². The van der Waals surface area contributed by atoms with E-state index in [0.29, 0.717) is 13.0 Å². The van der Waals surface area contributed by atoms with Gasteiger partial charge >= 0.3 is 0 Å². The summed E-state index contributed by atoms with van der Waals surface area (Å²) in [6.07, 6.45) is 1.41. The van der Waals surface area contributed by atoms with E-state index in [1.807, 2.05) is 25.1 Å². The second kappa shape index (κ2) is 9.30. The van der Waals surface area contributed by atoms with Crippen LogP contribution in [0.15, 0.2) is 91.0 Å². The highest BCUT2D eigenvalue weighted by molar-refractivity contribution is 5.60. The molecule has 5 nitrogen and oxygen atoms in total. The Labute approximate surface area is 182 Å². The van der Waals surface area contributed by atoms with Crippen LogP contribution in [0.3, 0.4) is 0 Å². The first-order valence-electron chi connectivity index (χ1n) is 10.4. The van der Waals surface area contributed by atoms with Gasteiger partial charge in [-0.15, -0.1) is 0 Å². The second-order valence-corrected chi connectivity index (χ2v) is 7.46. The van der Waals surface area contributed by atoms with Gasteiger partial charge in [-0.2, -0.15) is 5.10 Å². The van der Waals surface area contributed by atoms with Gasteiger partial charge < -0.3 is 10.6 Å². The molecule has 0 spiro atoms. The van der Waals surface area contributed by atoms with Crippen molar-refractivity contribution in [2.75, 3.05) is 11.9 Å². The number of benzene rings is 3. The summed E-state index contributed by atoms with van der Waals surface area (Å²) in [4.78, 5) is 10.7. The van der Waals surface area contributed by atoms with Crippen LogP contribution in [0, 0.1) is 6.92 Å². The number of anilines is 1. The van der Waals surface area contributed by atoms with Crippen LogP contribution in [0.2, 0.25) is 0 Å². The summed E-state index contributed by atoms with van der Waals surface area (Å²) in [6.45, 7) is 2.53. The molecule has 156 valence electrons. The molecule has 5 heteroatoms. The molecule has 0 unspecified atom stereocenters. The van der Waals surface area contributed by atoms with Crippen molar-refractivity contribution in [2.45, 2.75) is 18.9 Å². The fraction of sp³-hybridized carbons (Fsp3) is 0.154. The average molecular weight is 411 g/mol. The second-order valence-electron chi connectivity index (χ2n) is 7.46. The molecule has 1 aromatic heterocycles. The van der Waals surface area contributed by atoms with Crippen LogP contribution in [-0.4, -0.2) is 23.2 Å². The molecule has 1 amide bonds. The van der Waals surface area contributed by atoms with Crippen LogP contribution < -0.4 is 10.6 Å². The first-order chi connectivity index (χ1) is 15.3. The number of carbonyl (C=O) groups is 1. The maximum Gasteiger partial charge on any atom is 0.207 e. The number of carbonyl (C=O) groups excluding carboxylic acids is 1. The van der Waals surface area contributed by atoms with Crippen LogP contribution in [0.25, 0.3) is 0 Å². The largest absolute Gasteiger partial charge is 0.358 e. The van der Waals surface area contributed by atoms with E-state index in [9.17, 15) is 4.79 Å². The average Bonchev–Trinajstić information content (AvgIpc) is 3.18. The number of aromatic amines is 1. The number of H-pyrrole nitrogens is 1. The van der Waals surface area contributed by atoms with Crippen LogP contribution in [0.5, 0.6) is 0 Å². The molecule has 4 aromatic rings. The molecule has 4 rings (SSSR count). The molecule has 31 heavy (non-hydrogen) atoms. The standard InChI is InChI=1S/C26H26N4O/c1-20-24(17-18-27-19-31)25(30-29-20)28-26(21-11-5-2-6-12-21,22-13-7-3-8-14-22)23-15-9-4-10-16-23/h2-16,19H,17-18H2,1H3,(H,27,31)(H2,28,29,30). The predicted octanol–water partition coefficient (Wildman–Crippen LogP) is 4.41. The molecule has 0 radical (unpaired) electrons. The van der Waals surface area contributed by atoms with Crippen molar-refractivity contribution in [3.05, 3.63) is 119 Å². The highest BCUT2D eigenvalue weighted by Crippen LogP contribution is 2.40. The molecule has 0 saturated heterocycles. The maximum absolute atomic E-state index is 10.7. The van der Waals surface area contributed by atoms with Crippen molar-refractivity contribution in [1.29, 1.82) is 0 Å². The Balaban J connectivity index is 1.91. The van der Waals surface area contributed by atoms with Crippen LogP contribution in [-0.2, 0) is 16.8 Å². The molecule has 0 bridgehead atoms. The molecule has 0 aliphatic rings. The van der Waals surface area contributed by atoms with E-state index >= 15 is 0 Å². The normalized spacial score (nSPS) is 11.1. The molecule has 0 atom stereocenters. The van der Waals surface area contributed by atoms with E-state index in [2.05, 4.69) is 93.6 Å². The van der Waals surface area contributed by atoms with Crippen molar-refractivity contribution in [2.24, 2.45) is 0 Å². The summed E-state index contributed by atoms with van der Waals surface area (Å²) >= 11 is 0.